The highest BCUT2D eigenvalue weighted by molar-refractivity contribution is 5.67. The fourth-order valence-corrected chi connectivity index (χ4v) is 4.05. The second kappa shape index (κ2) is 7.80. The fraction of sp³-hybridized carbons (Fsp3) is 0.208. The van der Waals surface area contributed by atoms with Crippen LogP contribution in [0.3, 0.4) is 0 Å². The van der Waals surface area contributed by atoms with Gasteiger partial charge in [0.2, 0.25) is 0 Å². The Bertz CT molecular complexity index is 1310. The van der Waals surface area contributed by atoms with Gasteiger partial charge in [-0.3, -0.25) is 0 Å². The Morgan fingerprint density at radius 2 is 1.91 bits per heavy atom. The predicted molar refractivity (Wildman–Crippen MR) is 116 cm³/mol. The summed E-state index contributed by atoms with van der Waals surface area (Å²) < 4.78 is 31.2. The number of aryl methyl sites for hydroxylation is 2. The topological polar surface area (TPSA) is 68.8 Å². The van der Waals surface area contributed by atoms with E-state index in [9.17, 15) is 13.9 Å². The zero-order chi connectivity index (χ0) is 22.3. The van der Waals surface area contributed by atoms with Crippen molar-refractivity contribution in [3.8, 4) is 5.69 Å². The molecule has 2 aromatic heterocycles. The molecule has 0 fully saturated rings. The zero-order valence-electron chi connectivity index (χ0n) is 17.4. The molecule has 5 rings (SSSR count). The van der Waals surface area contributed by atoms with E-state index >= 15 is 0 Å². The Hall–Kier alpha value is -3.65. The fourth-order valence-electron chi connectivity index (χ4n) is 4.05. The van der Waals surface area contributed by atoms with Gasteiger partial charge in [0.25, 0.3) is 0 Å². The summed E-state index contributed by atoms with van der Waals surface area (Å²) in [5.41, 5.74) is 1.13. The third-order valence-corrected chi connectivity index (χ3v) is 5.67. The molecule has 6 nitrogen and oxygen atoms in total. The van der Waals surface area contributed by atoms with Gasteiger partial charge in [-0.05, 0) is 61.2 Å². The summed E-state index contributed by atoms with van der Waals surface area (Å²) in [6.45, 7) is 2.48. The number of halogens is 2. The maximum Gasteiger partial charge on any atom is 0.174 e. The standard InChI is InChI=1S/C24H21F2N5O/c1-16-14-30(15-27-16)21-9-3-17(13-20(21)26)4-10-22-28-23-24(32,11-2-12-31(23)29-22)18-5-7-19(25)8-6-18/h3-10,13-15,32H,2,11-12H2,1H3/t24-/m0/s1. The third-order valence-electron chi connectivity index (χ3n) is 5.67. The summed E-state index contributed by atoms with van der Waals surface area (Å²) in [7, 11) is 0. The number of imidazole rings is 1. The molecule has 162 valence electrons. The first kappa shape index (κ1) is 20.3. The largest absolute Gasteiger partial charge is 0.377 e. The lowest BCUT2D eigenvalue weighted by Gasteiger charge is -2.31. The first-order valence-corrected chi connectivity index (χ1v) is 10.3. The van der Waals surface area contributed by atoms with Gasteiger partial charge in [-0.25, -0.2) is 23.4 Å². The normalized spacial score (nSPS) is 18.2. The van der Waals surface area contributed by atoms with Crippen LogP contribution in [-0.4, -0.2) is 29.4 Å². The minimum atomic E-state index is -1.33. The molecule has 0 aliphatic carbocycles. The van der Waals surface area contributed by atoms with Crippen LogP contribution < -0.4 is 0 Å². The molecule has 1 aliphatic heterocycles. The van der Waals surface area contributed by atoms with Crippen molar-refractivity contribution in [3.63, 3.8) is 0 Å². The molecule has 1 aliphatic rings. The third kappa shape index (κ3) is 3.62. The van der Waals surface area contributed by atoms with Crippen LogP contribution >= 0.6 is 0 Å². The average molecular weight is 433 g/mol. The molecule has 0 saturated heterocycles. The molecule has 0 unspecified atom stereocenters. The van der Waals surface area contributed by atoms with Gasteiger partial charge < -0.3 is 9.67 Å². The monoisotopic (exact) mass is 433 g/mol. The van der Waals surface area contributed by atoms with Crippen LogP contribution in [-0.2, 0) is 12.1 Å². The van der Waals surface area contributed by atoms with Crippen LogP contribution in [0.25, 0.3) is 17.8 Å². The second-order valence-corrected chi connectivity index (χ2v) is 7.95. The molecule has 3 heterocycles. The van der Waals surface area contributed by atoms with E-state index < -0.39 is 5.60 Å². The maximum atomic E-state index is 14.6. The molecule has 0 amide bonds. The zero-order valence-corrected chi connectivity index (χ0v) is 17.4. The first-order valence-electron chi connectivity index (χ1n) is 10.3. The Labute approximate surface area is 183 Å². The van der Waals surface area contributed by atoms with Crippen molar-refractivity contribution >= 4 is 12.2 Å². The minimum absolute atomic E-state index is 0.361. The Kier molecular flexibility index (Phi) is 4.94. The smallest absolute Gasteiger partial charge is 0.174 e. The van der Waals surface area contributed by atoms with Crippen LogP contribution in [0.1, 0.15) is 41.3 Å². The minimum Gasteiger partial charge on any atom is -0.377 e. The van der Waals surface area contributed by atoms with E-state index in [1.165, 1.54) is 18.2 Å². The molecule has 8 heteroatoms. The van der Waals surface area contributed by atoms with E-state index in [-0.39, 0.29) is 11.6 Å². The Morgan fingerprint density at radius 1 is 1.09 bits per heavy atom. The van der Waals surface area contributed by atoms with E-state index in [1.54, 1.807) is 58.2 Å². The summed E-state index contributed by atoms with van der Waals surface area (Å²) in [4.78, 5) is 8.65. The van der Waals surface area contributed by atoms with Crippen LogP contribution in [0.2, 0.25) is 0 Å². The lowest BCUT2D eigenvalue weighted by molar-refractivity contribution is 0.0394. The van der Waals surface area contributed by atoms with Gasteiger partial charge in [-0.15, -0.1) is 0 Å². The molecule has 1 N–H and O–H groups in total. The van der Waals surface area contributed by atoms with Gasteiger partial charge in [0.15, 0.2) is 11.6 Å². The highest BCUT2D eigenvalue weighted by Crippen LogP contribution is 2.36. The molecule has 0 radical (unpaired) electrons. The van der Waals surface area contributed by atoms with Gasteiger partial charge >= 0.3 is 0 Å². The Morgan fingerprint density at radius 3 is 2.62 bits per heavy atom. The van der Waals surface area contributed by atoms with Crippen molar-refractivity contribution in [2.75, 3.05) is 0 Å². The molecule has 32 heavy (non-hydrogen) atoms. The molecule has 2 aromatic carbocycles. The molecule has 0 bridgehead atoms. The predicted octanol–water partition coefficient (Wildman–Crippen LogP) is 4.25. The summed E-state index contributed by atoms with van der Waals surface area (Å²) in [6, 6.07) is 10.7. The van der Waals surface area contributed by atoms with Crippen LogP contribution in [0.5, 0.6) is 0 Å². The number of fused-ring (bicyclic) bond motifs is 1. The average Bonchev–Trinajstić information content (AvgIpc) is 3.40. The number of benzene rings is 2. The lowest BCUT2D eigenvalue weighted by atomic mass is 9.86. The molecule has 4 aromatic rings. The van der Waals surface area contributed by atoms with E-state index in [4.69, 9.17) is 0 Å². The van der Waals surface area contributed by atoms with Crippen LogP contribution in [0.4, 0.5) is 8.78 Å². The molecule has 0 spiro atoms. The van der Waals surface area contributed by atoms with Crippen molar-refractivity contribution < 1.29 is 13.9 Å². The van der Waals surface area contributed by atoms with Gasteiger partial charge in [-0.1, -0.05) is 24.3 Å². The summed E-state index contributed by atoms with van der Waals surface area (Å²) in [5.74, 6) is 0.108. The number of rotatable bonds is 4. The van der Waals surface area contributed by atoms with Crippen molar-refractivity contribution in [2.45, 2.75) is 31.9 Å². The lowest BCUT2D eigenvalue weighted by Crippen LogP contribution is -2.35. The highest BCUT2D eigenvalue weighted by atomic mass is 19.1. The highest BCUT2D eigenvalue weighted by Gasteiger charge is 2.39. The van der Waals surface area contributed by atoms with Crippen molar-refractivity contribution in [2.24, 2.45) is 0 Å². The van der Waals surface area contributed by atoms with Gasteiger partial charge in [0, 0.05) is 12.7 Å². The number of aliphatic hydroxyl groups is 1. The molecular weight excluding hydrogens is 412 g/mol. The quantitative estimate of drug-likeness (QED) is 0.523. The van der Waals surface area contributed by atoms with Crippen molar-refractivity contribution in [1.29, 1.82) is 0 Å². The van der Waals surface area contributed by atoms with Gasteiger partial charge in [0.1, 0.15) is 17.2 Å². The number of hydrogen-bond acceptors (Lipinski definition) is 4. The second-order valence-electron chi connectivity index (χ2n) is 7.95. The SMILES string of the molecule is Cc1cn(-c2ccc(C=Cc3nc4n(n3)CCC[C@]4(O)c3ccc(F)cc3)cc2F)cn1. The van der Waals surface area contributed by atoms with Crippen LogP contribution in [0, 0.1) is 18.6 Å². The summed E-state index contributed by atoms with van der Waals surface area (Å²) in [5, 5.41) is 15.8. The molecule has 0 saturated carbocycles. The number of nitrogens with zero attached hydrogens (tertiary/aromatic N) is 5. The molecule has 1 atom stereocenters. The van der Waals surface area contributed by atoms with E-state index in [0.717, 1.165) is 5.69 Å². The van der Waals surface area contributed by atoms with Crippen LogP contribution in [0.15, 0.2) is 55.0 Å². The summed E-state index contributed by atoms with van der Waals surface area (Å²) >= 11 is 0. The van der Waals surface area contributed by atoms with E-state index in [0.29, 0.717) is 47.8 Å². The Balaban J connectivity index is 1.42. The molecular formula is C24H21F2N5O. The van der Waals surface area contributed by atoms with E-state index in [2.05, 4.69) is 15.1 Å². The van der Waals surface area contributed by atoms with Crippen molar-refractivity contribution in [3.05, 3.63) is 95.1 Å². The van der Waals surface area contributed by atoms with Gasteiger partial charge in [-0.2, -0.15) is 5.10 Å². The van der Waals surface area contributed by atoms with E-state index in [1.807, 2.05) is 6.92 Å². The number of hydrogen-bond donors (Lipinski definition) is 1. The first-order chi connectivity index (χ1) is 15.4. The summed E-state index contributed by atoms with van der Waals surface area (Å²) in [6.07, 6.45) is 7.94. The van der Waals surface area contributed by atoms with Gasteiger partial charge in [0.05, 0.1) is 17.7 Å². The maximum absolute atomic E-state index is 14.6. The number of aromatic nitrogens is 5. The van der Waals surface area contributed by atoms with Crippen molar-refractivity contribution in [1.82, 2.24) is 24.3 Å².